The number of hydrogen-bond acceptors (Lipinski definition) is 4. The van der Waals surface area contributed by atoms with Gasteiger partial charge in [0.1, 0.15) is 4.60 Å². The molecule has 0 spiro atoms. The van der Waals surface area contributed by atoms with E-state index >= 15 is 0 Å². The van der Waals surface area contributed by atoms with Gasteiger partial charge in [-0.05, 0) is 67.7 Å². The normalized spacial score (nSPS) is 10.8. The summed E-state index contributed by atoms with van der Waals surface area (Å²) in [6.07, 6.45) is 1.74. The zero-order chi connectivity index (χ0) is 16.4. The molecule has 0 saturated heterocycles. The van der Waals surface area contributed by atoms with E-state index in [1.165, 1.54) is 0 Å². The Balaban J connectivity index is 2.37. The summed E-state index contributed by atoms with van der Waals surface area (Å²) in [6, 6.07) is 11.6. The molecule has 1 N–H and O–H groups in total. The fraction of sp³-hybridized carbons (Fsp3) is 0.167. The smallest absolute Gasteiger partial charge is 0.161 e. The summed E-state index contributed by atoms with van der Waals surface area (Å²) in [6.45, 7) is -0.0421. The summed E-state index contributed by atoms with van der Waals surface area (Å²) in [4.78, 5) is 4.17. The number of aliphatic hydroxyl groups is 1. The van der Waals surface area contributed by atoms with Gasteiger partial charge in [0.2, 0.25) is 0 Å². The zero-order valence-electron chi connectivity index (χ0n) is 12.8. The number of nitrogens with zero attached hydrogens (tertiary/aromatic N) is 1. The predicted octanol–water partition coefficient (Wildman–Crippen LogP) is 4.17. The van der Waals surface area contributed by atoms with Gasteiger partial charge in [-0.1, -0.05) is 12.1 Å². The van der Waals surface area contributed by atoms with Crippen molar-refractivity contribution < 1.29 is 14.6 Å². The van der Waals surface area contributed by atoms with Crippen LogP contribution in [0.5, 0.6) is 11.5 Å². The molecule has 0 atom stereocenters. The van der Waals surface area contributed by atoms with Crippen LogP contribution in [-0.2, 0) is 6.61 Å². The fourth-order valence-corrected chi connectivity index (χ4v) is 3.09. The molecule has 4 nitrogen and oxygen atoms in total. The lowest BCUT2D eigenvalue weighted by molar-refractivity contribution is 0.282. The highest BCUT2D eigenvalue weighted by atomic mass is 79.9. The van der Waals surface area contributed by atoms with Crippen LogP contribution < -0.4 is 9.47 Å². The lowest BCUT2D eigenvalue weighted by atomic mass is 9.93. The summed E-state index contributed by atoms with van der Waals surface area (Å²) in [5.74, 6) is 1.34. The third-order valence-corrected chi connectivity index (χ3v) is 4.23. The van der Waals surface area contributed by atoms with Crippen LogP contribution in [0.25, 0.3) is 21.9 Å². The molecule has 5 heteroatoms. The van der Waals surface area contributed by atoms with Gasteiger partial charge in [0, 0.05) is 6.20 Å². The van der Waals surface area contributed by atoms with E-state index in [-0.39, 0.29) is 6.61 Å². The number of fused-ring (bicyclic) bond motifs is 1. The maximum atomic E-state index is 9.75. The van der Waals surface area contributed by atoms with Crippen LogP contribution in [0.1, 0.15) is 5.56 Å². The number of benzene rings is 2. The molecule has 1 aromatic heterocycles. The second kappa shape index (κ2) is 6.56. The maximum absolute atomic E-state index is 9.75. The summed E-state index contributed by atoms with van der Waals surface area (Å²) >= 11 is 3.40. The molecule has 3 rings (SSSR count). The van der Waals surface area contributed by atoms with Crippen LogP contribution in [0.2, 0.25) is 0 Å². The SMILES string of the molecule is COc1cc2ccc(CO)c(-c3ccnc(Br)c3)c2cc1OC. The minimum absolute atomic E-state index is 0.0421. The molecule has 0 bridgehead atoms. The van der Waals surface area contributed by atoms with Crippen LogP contribution in [0, 0.1) is 0 Å². The number of ether oxygens (including phenoxy) is 2. The number of aromatic nitrogens is 1. The molecule has 23 heavy (non-hydrogen) atoms. The van der Waals surface area contributed by atoms with Crippen molar-refractivity contribution in [2.75, 3.05) is 14.2 Å². The van der Waals surface area contributed by atoms with Crippen LogP contribution in [-0.4, -0.2) is 24.3 Å². The lowest BCUT2D eigenvalue weighted by Gasteiger charge is -2.15. The number of halogens is 1. The van der Waals surface area contributed by atoms with Crippen molar-refractivity contribution in [3.8, 4) is 22.6 Å². The molecule has 0 unspecified atom stereocenters. The number of aliphatic hydroxyl groups excluding tert-OH is 1. The first-order valence-corrected chi connectivity index (χ1v) is 7.87. The topological polar surface area (TPSA) is 51.6 Å². The molecule has 0 aliphatic rings. The van der Waals surface area contributed by atoms with Gasteiger partial charge >= 0.3 is 0 Å². The minimum atomic E-state index is -0.0421. The molecule has 0 amide bonds. The van der Waals surface area contributed by atoms with Gasteiger partial charge in [-0.25, -0.2) is 4.98 Å². The van der Waals surface area contributed by atoms with E-state index in [0.717, 1.165) is 32.1 Å². The van der Waals surface area contributed by atoms with Crippen molar-refractivity contribution in [1.82, 2.24) is 4.98 Å². The Morgan fingerprint density at radius 1 is 1.04 bits per heavy atom. The molecule has 3 aromatic rings. The van der Waals surface area contributed by atoms with Crippen molar-refractivity contribution in [3.05, 3.63) is 52.8 Å². The Bertz CT molecular complexity index is 864. The van der Waals surface area contributed by atoms with Crippen molar-refractivity contribution in [1.29, 1.82) is 0 Å². The van der Waals surface area contributed by atoms with Crippen molar-refractivity contribution in [2.45, 2.75) is 6.61 Å². The third-order valence-electron chi connectivity index (χ3n) is 3.80. The molecule has 118 valence electrons. The fourth-order valence-electron chi connectivity index (χ4n) is 2.73. The van der Waals surface area contributed by atoms with E-state index in [9.17, 15) is 5.11 Å². The summed E-state index contributed by atoms with van der Waals surface area (Å²) in [7, 11) is 3.23. The van der Waals surface area contributed by atoms with E-state index in [2.05, 4.69) is 20.9 Å². The Hall–Kier alpha value is -2.11. The average Bonchev–Trinajstić information content (AvgIpc) is 2.59. The number of pyridine rings is 1. The predicted molar refractivity (Wildman–Crippen MR) is 93.9 cm³/mol. The third kappa shape index (κ3) is 2.90. The highest BCUT2D eigenvalue weighted by molar-refractivity contribution is 9.10. The van der Waals surface area contributed by atoms with Crippen molar-refractivity contribution in [2.24, 2.45) is 0 Å². The van der Waals surface area contributed by atoms with Gasteiger partial charge in [0.25, 0.3) is 0 Å². The van der Waals surface area contributed by atoms with E-state index < -0.39 is 0 Å². The molecule has 2 aromatic carbocycles. The minimum Gasteiger partial charge on any atom is -0.493 e. The molecular formula is C18H16BrNO3. The number of rotatable bonds is 4. The second-order valence-corrected chi connectivity index (χ2v) is 5.87. The van der Waals surface area contributed by atoms with E-state index in [1.807, 2.05) is 36.4 Å². The van der Waals surface area contributed by atoms with E-state index in [1.54, 1.807) is 20.4 Å². The molecule has 1 heterocycles. The summed E-state index contributed by atoms with van der Waals surface area (Å²) in [5, 5.41) is 11.8. The monoisotopic (exact) mass is 373 g/mol. The standard InChI is InChI=1S/C18H16BrNO3/c1-22-15-7-11-3-4-13(10-21)18(14(11)9-16(15)23-2)12-5-6-20-17(19)8-12/h3-9,21H,10H2,1-2H3. The van der Waals surface area contributed by atoms with Crippen LogP contribution in [0.4, 0.5) is 0 Å². The van der Waals surface area contributed by atoms with Gasteiger partial charge in [0.15, 0.2) is 11.5 Å². The first-order valence-electron chi connectivity index (χ1n) is 7.08. The molecular weight excluding hydrogens is 358 g/mol. The van der Waals surface area contributed by atoms with Gasteiger partial charge in [-0.2, -0.15) is 0 Å². The Morgan fingerprint density at radius 2 is 1.78 bits per heavy atom. The maximum Gasteiger partial charge on any atom is 0.161 e. The van der Waals surface area contributed by atoms with E-state index in [4.69, 9.17) is 9.47 Å². The first kappa shape index (κ1) is 15.8. The summed E-state index contributed by atoms with van der Waals surface area (Å²) in [5.41, 5.74) is 2.80. The Kier molecular flexibility index (Phi) is 4.50. The quantitative estimate of drug-likeness (QED) is 0.697. The van der Waals surface area contributed by atoms with Gasteiger partial charge < -0.3 is 14.6 Å². The van der Waals surface area contributed by atoms with Crippen LogP contribution in [0.15, 0.2) is 47.2 Å². The summed E-state index contributed by atoms with van der Waals surface area (Å²) < 4.78 is 11.5. The zero-order valence-corrected chi connectivity index (χ0v) is 14.4. The van der Waals surface area contributed by atoms with Crippen LogP contribution in [0.3, 0.4) is 0 Å². The lowest BCUT2D eigenvalue weighted by Crippen LogP contribution is -1.95. The van der Waals surface area contributed by atoms with E-state index in [0.29, 0.717) is 11.5 Å². The van der Waals surface area contributed by atoms with Crippen molar-refractivity contribution in [3.63, 3.8) is 0 Å². The second-order valence-electron chi connectivity index (χ2n) is 5.05. The Morgan fingerprint density at radius 3 is 2.43 bits per heavy atom. The first-order chi connectivity index (χ1) is 11.2. The molecule has 0 radical (unpaired) electrons. The highest BCUT2D eigenvalue weighted by Gasteiger charge is 2.14. The largest absolute Gasteiger partial charge is 0.493 e. The van der Waals surface area contributed by atoms with Crippen molar-refractivity contribution >= 4 is 26.7 Å². The molecule has 0 saturated carbocycles. The Labute approximate surface area is 142 Å². The molecule has 0 fully saturated rings. The van der Waals surface area contributed by atoms with Gasteiger partial charge in [0.05, 0.1) is 20.8 Å². The average molecular weight is 374 g/mol. The van der Waals surface area contributed by atoms with Gasteiger partial charge in [-0.3, -0.25) is 0 Å². The highest BCUT2D eigenvalue weighted by Crippen LogP contribution is 2.39. The molecule has 0 aliphatic heterocycles. The molecule has 0 aliphatic carbocycles. The van der Waals surface area contributed by atoms with Crippen LogP contribution >= 0.6 is 15.9 Å². The number of hydrogen-bond donors (Lipinski definition) is 1. The van der Waals surface area contributed by atoms with Gasteiger partial charge in [-0.15, -0.1) is 0 Å². The number of methoxy groups -OCH3 is 2.